The Kier molecular flexibility index (Phi) is 4.58. The zero-order chi connectivity index (χ0) is 6.81. The number of H-pyrrole nitrogens is 1. The Balaban J connectivity index is 0.000000605. The van der Waals surface area contributed by atoms with E-state index < -0.39 is 0 Å². The minimum absolute atomic E-state index is 0. The molecular weight excluding hydrogens is 263 g/mol. The molecule has 6 heteroatoms. The molecule has 11 heavy (non-hydrogen) atoms. The van der Waals surface area contributed by atoms with Crippen LogP contribution in [0.4, 0.5) is 0 Å². The van der Waals surface area contributed by atoms with Crippen molar-refractivity contribution in [3.63, 3.8) is 0 Å². The van der Waals surface area contributed by atoms with Crippen molar-refractivity contribution in [1.82, 2.24) is 25.9 Å². The Morgan fingerprint density at radius 1 is 1.45 bits per heavy atom. The summed E-state index contributed by atoms with van der Waals surface area (Å²) in [6.07, 6.45) is 2.33. The second-order valence-corrected chi connectivity index (χ2v) is 2.42. The topological polar surface area (TPSA) is 66.5 Å². The molecule has 0 aromatic carbocycles. The van der Waals surface area contributed by atoms with Gasteiger partial charge in [-0.3, -0.25) is 0 Å². The van der Waals surface area contributed by atoms with Gasteiger partial charge in [-0.1, -0.05) is 5.21 Å². The number of aromatic amines is 1. The van der Waals surface area contributed by atoms with Gasteiger partial charge in [-0.15, -0.1) is 10.2 Å². The van der Waals surface area contributed by atoms with Crippen LogP contribution in [0.3, 0.4) is 0 Å². The molecule has 1 fully saturated rings. The van der Waals surface area contributed by atoms with E-state index in [9.17, 15) is 0 Å². The summed E-state index contributed by atoms with van der Waals surface area (Å²) in [5.41, 5.74) is 0. The van der Waals surface area contributed by atoms with Gasteiger partial charge in [0.05, 0.1) is 6.04 Å². The van der Waals surface area contributed by atoms with Crippen molar-refractivity contribution < 1.29 is 0 Å². The Labute approximate surface area is 124 Å². The predicted molar refractivity (Wildman–Crippen MR) is 39.9 cm³/mol. The standard InChI is InChI=1S/C5H9N5.Cs/c1-2-4(6-3-1)5-7-9-10-8-5;/h4,6H,1-3H2,(H,7,8,9,10);/t4-;/m1./s1. The van der Waals surface area contributed by atoms with Gasteiger partial charge in [0.25, 0.3) is 0 Å². The van der Waals surface area contributed by atoms with Crippen LogP contribution in [0.25, 0.3) is 0 Å². The van der Waals surface area contributed by atoms with E-state index in [1.807, 2.05) is 0 Å². The Bertz CT molecular complexity index is 193. The van der Waals surface area contributed by atoms with Gasteiger partial charge in [0, 0.05) is 68.9 Å². The molecule has 2 rings (SSSR count). The van der Waals surface area contributed by atoms with Crippen molar-refractivity contribution in [3.05, 3.63) is 5.82 Å². The van der Waals surface area contributed by atoms with Crippen molar-refractivity contribution in [2.24, 2.45) is 0 Å². The first kappa shape index (κ1) is 10.2. The van der Waals surface area contributed by atoms with Crippen LogP contribution >= 0.6 is 0 Å². The van der Waals surface area contributed by atoms with E-state index in [0.717, 1.165) is 18.8 Å². The van der Waals surface area contributed by atoms with Crippen LogP contribution < -0.4 is 5.32 Å². The SMILES string of the molecule is C1CN[C@@H](c2nn[nH]n2)C1.[Cs]. The molecule has 1 atom stereocenters. The maximum atomic E-state index is 3.89. The van der Waals surface area contributed by atoms with E-state index in [-0.39, 0.29) is 68.9 Å². The van der Waals surface area contributed by atoms with Gasteiger partial charge in [-0.2, -0.15) is 5.21 Å². The van der Waals surface area contributed by atoms with Crippen molar-refractivity contribution >= 4 is 68.9 Å². The minimum Gasteiger partial charge on any atom is -0.307 e. The Morgan fingerprint density at radius 3 is 2.91 bits per heavy atom. The van der Waals surface area contributed by atoms with E-state index in [1.54, 1.807) is 0 Å². The number of hydrogen-bond donors (Lipinski definition) is 2. The molecule has 1 radical (unpaired) electrons. The minimum atomic E-state index is 0. The van der Waals surface area contributed by atoms with Crippen molar-refractivity contribution in [3.8, 4) is 0 Å². The third kappa shape index (κ3) is 2.51. The molecule has 0 amide bonds. The normalized spacial score (nSPS) is 23.1. The molecule has 0 bridgehead atoms. The summed E-state index contributed by atoms with van der Waals surface area (Å²) in [6, 6.07) is 0.332. The number of nitrogens with one attached hydrogen (secondary N) is 2. The van der Waals surface area contributed by atoms with Gasteiger partial charge in [-0.25, -0.2) is 0 Å². The van der Waals surface area contributed by atoms with Crippen molar-refractivity contribution in [2.45, 2.75) is 18.9 Å². The number of aromatic nitrogens is 4. The maximum Gasteiger partial charge on any atom is 0.191 e. The summed E-state index contributed by atoms with van der Waals surface area (Å²) >= 11 is 0. The molecule has 55 valence electrons. The molecule has 1 saturated heterocycles. The number of nitrogens with zero attached hydrogens (tertiary/aromatic N) is 3. The van der Waals surface area contributed by atoms with Crippen LogP contribution in [0.15, 0.2) is 0 Å². The van der Waals surface area contributed by atoms with Crippen LogP contribution in [0, 0.1) is 0 Å². The Morgan fingerprint density at radius 2 is 2.36 bits per heavy atom. The molecule has 2 N–H and O–H groups in total. The quantitative estimate of drug-likeness (QED) is 0.705. The molecule has 5 nitrogen and oxygen atoms in total. The summed E-state index contributed by atoms with van der Waals surface area (Å²) in [5, 5.41) is 17.0. The predicted octanol–water partition coefficient (Wildman–Crippen LogP) is -0.757. The fraction of sp³-hybridized carbons (Fsp3) is 0.800. The van der Waals surface area contributed by atoms with Crippen LogP contribution in [0.2, 0.25) is 0 Å². The number of rotatable bonds is 1. The zero-order valence-corrected chi connectivity index (χ0v) is 12.8. The molecule has 2 heterocycles. The smallest absolute Gasteiger partial charge is 0.191 e. The largest absolute Gasteiger partial charge is 0.307 e. The first-order valence-corrected chi connectivity index (χ1v) is 3.43. The van der Waals surface area contributed by atoms with Gasteiger partial charge in [0.15, 0.2) is 5.82 Å². The van der Waals surface area contributed by atoms with Gasteiger partial charge in [0.1, 0.15) is 0 Å². The van der Waals surface area contributed by atoms with Crippen molar-refractivity contribution in [2.75, 3.05) is 6.54 Å². The van der Waals surface area contributed by atoms with Crippen LogP contribution in [0.5, 0.6) is 0 Å². The maximum absolute atomic E-state index is 3.89. The molecule has 1 aromatic heterocycles. The number of tetrazole rings is 1. The van der Waals surface area contributed by atoms with E-state index in [2.05, 4.69) is 25.9 Å². The summed E-state index contributed by atoms with van der Waals surface area (Å²) in [7, 11) is 0. The molecule has 0 unspecified atom stereocenters. The number of hydrogen-bond acceptors (Lipinski definition) is 4. The summed E-state index contributed by atoms with van der Waals surface area (Å²) in [5.74, 6) is 0.789. The summed E-state index contributed by atoms with van der Waals surface area (Å²) in [6.45, 7) is 1.07. The van der Waals surface area contributed by atoms with Gasteiger partial charge in [0.2, 0.25) is 0 Å². The molecule has 1 aliphatic rings. The fourth-order valence-electron chi connectivity index (χ4n) is 1.22. The molecular formula is C5H9CsN5. The van der Waals surface area contributed by atoms with Gasteiger partial charge >= 0.3 is 0 Å². The Hall–Kier alpha value is 1.08. The zero-order valence-electron chi connectivity index (χ0n) is 6.54. The van der Waals surface area contributed by atoms with Gasteiger partial charge < -0.3 is 5.32 Å². The average molecular weight is 272 g/mol. The van der Waals surface area contributed by atoms with Crippen LogP contribution in [-0.2, 0) is 0 Å². The molecule has 0 spiro atoms. The third-order valence-electron chi connectivity index (χ3n) is 1.73. The monoisotopic (exact) mass is 272 g/mol. The van der Waals surface area contributed by atoms with Crippen LogP contribution in [0.1, 0.15) is 24.7 Å². The van der Waals surface area contributed by atoms with Gasteiger partial charge in [-0.05, 0) is 19.4 Å². The molecule has 1 aliphatic heterocycles. The molecule has 0 saturated carbocycles. The summed E-state index contributed by atoms with van der Waals surface area (Å²) in [4.78, 5) is 0. The van der Waals surface area contributed by atoms with E-state index >= 15 is 0 Å². The molecule has 0 aliphatic carbocycles. The third-order valence-corrected chi connectivity index (χ3v) is 1.73. The van der Waals surface area contributed by atoms with Crippen molar-refractivity contribution in [1.29, 1.82) is 0 Å². The second kappa shape index (κ2) is 4.95. The first-order valence-electron chi connectivity index (χ1n) is 3.43. The molecule has 1 aromatic rings. The van der Waals surface area contributed by atoms with E-state index in [1.165, 1.54) is 6.42 Å². The van der Waals surface area contributed by atoms with E-state index in [4.69, 9.17) is 0 Å². The first-order chi connectivity index (χ1) is 4.97. The van der Waals surface area contributed by atoms with E-state index in [0.29, 0.717) is 6.04 Å². The second-order valence-electron chi connectivity index (χ2n) is 2.42. The van der Waals surface area contributed by atoms with Crippen LogP contribution in [-0.4, -0.2) is 96.1 Å². The fourth-order valence-corrected chi connectivity index (χ4v) is 1.22. The summed E-state index contributed by atoms with van der Waals surface area (Å²) < 4.78 is 0. The average Bonchev–Trinajstić information content (AvgIpc) is 2.59.